The van der Waals surface area contributed by atoms with Crippen molar-refractivity contribution < 1.29 is 4.74 Å². The summed E-state index contributed by atoms with van der Waals surface area (Å²) in [6, 6.07) is 0.473. The number of nitrogens with one attached hydrogen (secondary N) is 1. The number of likely N-dealkylation sites (tertiary alicyclic amines) is 1. The normalized spacial score (nSPS) is 21.2. The molecule has 0 amide bonds. The third kappa shape index (κ3) is 5.83. The fourth-order valence-electron chi connectivity index (χ4n) is 2.23. The molecular weight excluding hydrogens is 200 g/mol. The highest BCUT2D eigenvalue weighted by molar-refractivity contribution is 4.71. The van der Waals surface area contributed by atoms with Crippen LogP contribution in [0.4, 0.5) is 0 Å². The van der Waals surface area contributed by atoms with Gasteiger partial charge in [-0.3, -0.25) is 0 Å². The van der Waals surface area contributed by atoms with E-state index in [1.807, 2.05) is 6.92 Å². The minimum atomic E-state index is 0.473. The minimum Gasteiger partial charge on any atom is -0.380 e. The Balaban J connectivity index is 2.02. The molecule has 0 aromatic heterocycles. The van der Waals surface area contributed by atoms with E-state index in [2.05, 4.69) is 24.1 Å². The summed E-state index contributed by atoms with van der Waals surface area (Å²) in [5, 5.41) is 3.54. The predicted molar refractivity (Wildman–Crippen MR) is 68.8 cm³/mol. The van der Waals surface area contributed by atoms with Crippen molar-refractivity contribution in [2.24, 2.45) is 5.92 Å². The second-order valence-corrected chi connectivity index (χ2v) is 5.08. The third-order valence-electron chi connectivity index (χ3n) is 3.16. The summed E-state index contributed by atoms with van der Waals surface area (Å²) in [4.78, 5) is 2.58. The molecule has 1 rings (SSSR count). The monoisotopic (exact) mass is 228 g/mol. The van der Waals surface area contributed by atoms with Crippen LogP contribution in [-0.4, -0.2) is 50.3 Å². The summed E-state index contributed by atoms with van der Waals surface area (Å²) in [6.07, 6.45) is 2.78. The van der Waals surface area contributed by atoms with Crippen molar-refractivity contribution in [1.82, 2.24) is 10.2 Å². The van der Waals surface area contributed by atoms with Crippen molar-refractivity contribution in [3.8, 4) is 0 Å². The number of hydrogen-bond acceptors (Lipinski definition) is 3. The molecule has 2 atom stereocenters. The van der Waals surface area contributed by atoms with E-state index in [0.29, 0.717) is 6.04 Å². The Labute approximate surface area is 101 Å². The molecule has 0 bridgehead atoms. The predicted octanol–water partition coefficient (Wildman–Crippen LogP) is 1.73. The molecule has 1 heterocycles. The Bertz CT molecular complexity index is 169. The Kier molecular flexibility index (Phi) is 7.01. The molecule has 1 N–H and O–H groups in total. The molecule has 0 radical (unpaired) electrons. The molecule has 0 aromatic carbocycles. The average Bonchev–Trinajstić information content (AvgIpc) is 2.76. The van der Waals surface area contributed by atoms with Crippen LogP contribution in [0.15, 0.2) is 0 Å². The Morgan fingerprint density at radius 3 is 2.56 bits per heavy atom. The summed E-state index contributed by atoms with van der Waals surface area (Å²) in [7, 11) is 0. The van der Waals surface area contributed by atoms with Gasteiger partial charge in [0.2, 0.25) is 0 Å². The summed E-state index contributed by atoms with van der Waals surface area (Å²) in [5.41, 5.74) is 0. The van der Waals surface area contributed by atoms with Crippen molar-refractivity contribution in [3.05, 3.63) is 0 Å². The quantitative estimate of drug-likeness (QED) is 0.685. The highest BCUT2D eigenvalue weighted by Crippen LogP contribution is 2.09. The van der Waals surface area contributed by atoms with Crippen molar-refractivity contribution in [3.63, 3.8) is 0 Å². The smallest absolute Gasteiger partial charge is 0.0616 e. The fourth-order valence-corrected chi connectivity index (χ4v) is 2.23. The Hall–Kier alpha value is -0.120. The molecule has 0 aliphatic carbocycles. The van der Waals surface area contributed by atoms with E-state index in [1.165, 1.54) is 32.5 Å². The molecule has 96 valence electrons. The summed E-state index contributed by atoms with van der Waals surface area (Å²) >= 11 is 0. The van der Waals surface area contributed by atoms with Crippen LogP contribution in [0.25, 0.3) is 0 Å². The summed E-state index contributed by atoms with van der Waals surface area (Å²) in [6.45, 7) is 13.2. The molecule has 1 saturated heterocycles. The zero-order valence-corrected chi connectivity index (χ0v) is 11.2. The van der Waals surface area contributed by atoms with E-state index < -0.39 is 0 Å². The third-order valence-corrected chi connectivity index (χ3v) is 3.16. The number of rotatable bonds is 8. The molecule has 1 fully saturated rings. The second-order valence-electron chi connectivity index (χ2n) is 5.08. The van der Waals surface area contributed by atoms with Gasteiger partial charge in [0.15, 0.2) is 0 Å². The number of hydrogen-bond donors (Lipinski definition) is 1. The van der Waals surface area contributed by atoms with Gasteiger partial charge in [0.25, 0.3) is 0 Å². The van der Waals surface area contributed by atoms with Crippen LogP contribution in [0.1, 0.15) is 33.6 Å². The standard InChI is InChI=1S/C13H28N2O/c1-4-16-11-13(3)14-9-12(2)10-15-7-5-6-8-15/h12-14H,4-11H2,1-3H3. The maximum atomic E-state index is 5.39. The molecule has 1 aliphatic rings. The Morgan fingerprint density at radius 1 is 1.25 bits per heavy atom. The van der Waals surface area contributed by atoms with Gasteiger partial charge in [0.05, 0.1) is 6.61 Å². The number of nitrogens with zero attached hydrogens (tertiary/aromatic N) is 1. The van der Waals surface area contributed by atoms with Crippen molar-refractivity contribution in [2.45, 2.75) is 39.7 Å². The van der Waals surface area contributed by atoms with E-state index in [4.69, 9.17) is 4.74 Å². The van der Waals surface area contributed by atoms with E-state index in [0.717, 1.165) is 25.7 Å². The van der Waals surface area contributed by atoms with Crippen molar-refractivity contribution in [2.75, 3.05) is 39.4 Å². The van der Waals surface area contributed by atoms with Crippen LogP contribution in [0.5, 0.6) is 0 Å². The van der Waals surface area contributed by atoms with E-state index in [9.17, 15) is 0 Å². The first kappa shape index (κ1) is 13.9. The lowest BCUT2D eigenvalue weighted by atomic mass is 10.1. The van der Waals surface area contributed by atoms with Crippen LogP contribution in [0, 0.1) is 5.92 Å². The largest absolute Gasteiger partial charge is 0.380 e. The molecule has 0 aromatic rings. The lowest BCUT2D eigenvalue weighted by Crippen LogP contribution is -2.37. The van der Waals surface area contributed by atoms with Crippen LogP contribution >= 0.6 is 0 Å². The highest BCUT2D eigenvalue weighted by Gasteiger charge is 2.14. The molecule has 3 heteroatoms. The number of ether oxygens (including phenoxy) is 1. The lowest BCUT2D eigenvalue weighted by molar-refractivity contribution is 0.125. The van der Waals surface area contributed by atoms with Gasteiger partial charge in [0.1, 0.15) is 0 Å². The molecular formula is C13H28N2O. The molecule has 1 aliphatic heterocycles. The van der Waals surface area contributed by atoms with Crippen molar-refractivity contribution in [1.29, 1.82) is 0 Å². The van der Waals surface area contributed by atoms with Crippen LogP contribution in [-0.2, 0) is 4.74 Å². The lowest BCUT2D eigenvalue weighted by Gasteiger charge is -2.22. The molecule has 2 unspecified atom stereocenters. The van der Waals surface area contributed by atoms with E-state index in [1.54, 1.807) is 0 Å². The SMILES string of the molecule is CCOCC(C)NCC(C)CN1CCCC1. The maximum Gasteiger partial charge on any atom is 0.0616 e. The van der Waals surface area contributed by atoms with Crippen LogP contribution in [0.2, 0.25) is 0 Å². The molecule has 0 saturated carbocycles. The Morgan fingerprint density at radius 2 is 1.94 bits per heavy atom. The van der Waals surface area contributed by atoms with Gasteiger partial charge in [0, 0.05) is 19.2 Å². The van der Waals surface area contributed by atoms with Crippen LogP contribution in [0.3, 0.4) is 0 Å². The van der Waals surface area contributed by atoms with E-state index in [-0.39, 0.29) is 0 Å². The topological polar surface area (TPSA) is 24.5 Å². The van der Waals surface area contributed by atoms with Crippen LogP contribution < -0.4 is 5.32 Å². The molecule has 0 spiro atoms. The molecule has 16 heavy (non-hydrogen) atoms. The van der Waals surface area contributed by atoms with Gasteiger partial charge in [-0.25, -0.2) is 0 Å². The zero-order chi connectivity index (χ0) is 11.8. The highest BCUT2D eigenvalue weighted by atomic mass is 16.5. The second kappa shape index (κ2) is 8.04. The van der Waals surface area contributed by atoms with Gasteiger partial charge in [-0.05, 0) is 52.2 Å². The first-order valence-electron chi connectivity index (χ1n) is 6.75. The van der Waals surface area contributed by atoms with E-state index >= 15 is 0 Å². The van der Waals surface area contributed by atoms with Crippen molar-refractivity contribution >= 4 is 0 Å². The fraction of sp³-hybridized carbons (Fsp3) is 1.00. The zero-order valence-electron chi connectivity index (χ0n) is 11.2. The maximum absolute atomic E-state index is 5.39. The first-order chi connectivity index (χ1) is 7.72. The van der Waals surface area contributed by atoms with Gasteiger partial charge in [-0.1, -0.05) is 6.92 Å². The molecule has 3 nitrogen and oxygen atoms in total. The van der Waals surface area contributed by atoms with Gasteiger partial charge in [-0.2, -0.15) is 0 Å². The minimum absolute atomic E-state index is 0.473. The van der Waals surface area contributed by atoms with Gasteiger partial charge in [-0.15, -0.1) is 0 Å². The average molecular weight is 228 g/mol. The first-order valence-corrected chi connectivity index (χ1v) is 6.75. The van der Waals surface area contributed by atoms with Gasteiger partial charge < -0.3 is 15.0 Å². The summed E-state index contributed by atoms with van der Waals surface area (Å²) < 4.78 is 5.39. The summed E-state index contributed by atoms with van der Waals surface area (Å²) in [5.74, 6) is 0.738. The van der Waals surface area contributed by atoms with Gasteiger partial charge >= 0.3 is 0 Å².